The molecule has 0 spiro atoms. The van der Waals surface area contributed by atoms with Crippen molar-refractivity contribution in [1.82, 2.24) is 0 Å². The monoisotopic (exact) mass is 163 g/mol. The topological polar surface area (TPSA) is 0 Å². The van der Waals surface area contributed by atoms with Crippen LogP contribution in [0.25, 0.3) is 0 Å². The summed E-state index contributed by atoms with van der Waals surface area (Å²) in [7, 11) is 0. The summed E-state index contributed by atoms with van der Waals surface area (Å²) in [5.41, 5.74) is 0. The van der Waals surface area contributed by atoms with Gasteiger partial charge in [0.25, 0.3) is 0 Å². The highest BCUT2D eigenvalue weighted by Gasteiger charge is 2.00. The van der Waals surface area contributed by atoms with Gasteiger partial charge in [-0.05, 0) is 6.42 Å². The molecule has 0 heterocycles. The van der Waals surface area contributed by atoms with Crippen LogP contribution in [0.2, 0.25) is 0 Å². The summed E-state index contributed by atoms with van der Waals surface area (Å²) in [6, 6.07) is 0. The second-order valence-corrected chi connectivity index (χ2v) is 2.80. The molecule has 0 saturated carbocycles. The summed E-state index contributed by atoms with van der Waals surface area (Å²) in [6.07, 6.45) is 3.92. The van der Waals surface area contributed by atoms with Gasteiger partial charge in [-0.25, -0.2) is 8.78 Å². The highest BCUT2D eigenvalue weighted by molar-refractivity contribution is 4.47. The number of rotatable bonds is 7. The first-order chi connectivity index (χ1) is 5.27. The van der Waals surface area contributed by atoms with Crippen LogP contribution in [0.3, 0.4) is 0 Å². The average molecular weight is 163 g/mol. The largest absolute Gasteiger partial charge is 0.238 e. The van der Waals surface area contributed by atoms with Gasteiger partial charge in [-0.3, -0.25) is 0 Å². The van der Waals surface area contributed by atoms with E-state index in [1.54, 1.807) is 0 Å². The highest BCUT2D eigenvalue weighted by atomic mass is 19.3. The molecule has 0 aromatic heterocycles. The van der Waals surface area contributed by atoms with Gasteiger partial charge in [0.05, 0.1) is 0 Å². The van der Waals surface area contributed by atoms with E-state index >= 15 is 0 Å². The van der Waals surface area contributed by atoms with Crippen molar-refractivity contribution in [2.75, 3.05) is 0 Å². The fraction of sp³-hybridized carbons (Fsp3) is 0.889. The third-order valence-corrected chi connectivity index (χ3v) is 1.67. The summed E-state index contributed by atoms with van der Waals surface area (Å²) in [4.78, 5) is 0. The molecule has 0 unspecified atom stereocenters. The first-order valence-corrected chi connectivity index (χ1v) is 4.34. The predicted octanol–water partition coefficient (Wildman–Crippen LogP) is 3.82. The summed E-state index contributed by atoms with van der Waals surface area (Å²) < 4.78 is 23.2. The Morgan fingerprint density at radius 1 is 0.909 bits per heavy atom. The second kappa shape index (κ2) is 7.96. The maximum Gasteiger partial charge on any atom is 0.238 e. The Kier molecular flexibility index (Phi) is 7.86. The zero-order valence-corrected chi connectivity index (χ0v) is 6.99. The van der Waals surface area contributed by atoms with E-state index < -0.39 is 6.43 Å². The van der Waals surface area contributed by atoms with E-state index in [4.69, 9.17) is 0 Å². The minimum Gasteiger partial charge on any atom is -0.211 e. The maximum atomic E-state index is 11.6. The van der Waals surface area contributed by atoms with E-state index in [1.807, 2.05) is 0 Å². The van der Waals surface area contributed by atoms with Crippen molar-refractivity contribution in [2.24, 2.45) is 0 Å². The van der Waals surface area contributed by atoms with Crippen LogP contribution in [0, 0.1) is 6.92 Å². The van der Waals surface area contributed by atoms with Gasteiger partial charge >= 0.3 is 0 Å². The molecule has 0 rings (SSSR count). The molecular weight excluding hydrogens is 146 g/mol. The van der Waals surface area contributed by atoms with Gasteiger partial charge in [0.1, 0.15) is 0 Å². The molecule has 2 heteroatoms. The first kappa shape index (κ1) is 10.9. The molecule has 11 heavy (non-hydrogen) atoms. The van der Waals surface area contributed by atoms with E-state index in [-0.39, 0.29) is 6.42 Å². The summed E-state index contributed by atoms with van der Waals surface area (Å²) in [6.45, 7) is 3.71. The Morgan fingerprint density at radius 3 is 2.00 bits per heavy atom. The van der Waals surface area contributed by atoms with Crippen molar-refractivity contribution in [3.63, 3.8) is 0 Å². The molecule has 67 valence electrons. The van der Waals surface area contributed by atoms with E-state index in [9.17, 15) is 8.78 Å². The summed E-state index contributed by atoms with van der Waals surface area (Å²) >= 11 is 0. The minimum absolute atomic E-state index is 0.0738. The molecule has 0 aromatic rings. The van der Waals surface area contributed by atoms with Gasteiger partial charge in [0.15, 0.2) is 0 Å². The van der Waals surface area contributed by atoms with Crippen molar-refractivity contribution >= 4 is 0 Å². The van der Waals surface area contributed by atoms with Crippen molar-refractivity contribution in [3.05, 3.63) is 6.92 Å². The molecular formula is C9H17F2. The van der Waals surface area contributed by atoms with Crippen LogP contribution in [0.15, 0.2) is 0 Å². The van der Waals surface area contributed by atoms with E-state index in [0.29, 0.717) is 6.42 Å². The third-order valence-electron chi connectivity index (χ3n) is 1.67. The number of hydrogen-bond donors (Lipinski definition) is 0. The first-order valence-electron chi connectivity index (χ1n) is 4.34. The van der Waals surface area contributed by atoms with E-state index in [1.165, 1.54) is 0 Å². The van der Waals surface area contributed by atoms with Gasteiger partial charge < -0.3 is 0 Å². The Bertz CT molecular complexity index is 72.0. The molecule has 0 aliphatic rings. The van der Waals surface area contributed by atoms with E-state index in [2.05, 4.69) is 6.92 Å². The molecule has 0 N–H and O–H groups in total. The Hall–Kier alpha value is -0.140. The van der Waals surface area contributed by atoms with Gasteiger partial charge in [-0.1, -0.05) is 39.0 Å². The smallest absolute Gasteiger partial charge is 0.211 e. The maximum absolute atomic E-state index is 11.6. The van der Waals surface area contributed by atoms with Crippen molar-refractivity contribution in [3.8, 4) is 0 Å². The SMILES string of the molecule is [CH2]CCCCCCCC(F)F. The van der Waals surface area contributed by atoms with Gasteiger partial charge in [-0.15, -0.1) is 0 Å². The van der Waals surface area contributed by atoms with Crippen molar-refractivity contribution < 1.29 is 8.78 Å². The number of hydrogen-bond acceptors (Lipinski definition) is 0. The van der Waals surface area contributed by atoms with Gasteiger partial charge in [0.2, 0.25) is 6.43 Å². The Balaban J connectivity index is 2.80. The fourth-order valence-electron chi connectivity index (χ4n) is 1.01. The minimum atomic E-state index is -2.11. The summed E-state index contributed by atoms with van der Waals surface area (Å²) in [5, 5.41) is 0. The van der Waals surface area contributed by atoms with Crippen LogP contribution < -0.4 is 0 Å². The lowest BCUT2D eigenvalue weighted by Crippen LogP contribution is -1.89. The van der Waals surface area contributed by atoms with Crippen LogP contribution in [-0.2, 0) is 0 Å². The van der Waals surface area contributed by atoms with E-state index in [0.717, 1.165) is 32.1 Å². The Morgan fingerprint density at radius 2 is 1.45 bits per heavy atom. The summed E-state index contributed by atoms with van der Waals surface area (Å²) in [5.74, 6) is 0. The quantitative estimate of drug-likeness (QED) is 0.500. The standard InChI is InChI=1S/C9H17F2/c1-2-3-4-5-6-7-8-9(10)11/h9H,1-8H2. The number of alkyl halides is 2. The van der Waals surface area contributed by atoms with Crippen LogP contribution in [0.5, 0.6) is 0 Å². The molecule has 1 radical (unpaired) electrons. The molecule has 0 fully saturated rings. The Labute approximate surface area is 68.0 Å². The number of halogens is 2. The molecule has 0 aromatic carbocycles. The van der Waals surface area contributed by atoms with Crippen molar-refractivity contribution in [2.45, 2.75) is 51.4 Å². The van der Waals surface area contributed by atoms with Crippen LogP contribution in [-0.4, -0.2) is 6.43 Å². The zero-order valence-electron chi connectivity index (χ0n) is 6.99. The normalized spacial score (nSPS) is 10.9. The molecule has 0 saturated heterocycles. The fourth-order valence-corrected chi connectivity index (χ4v) is 1.01. The molecule has 0 bridgehead atoms. The molecule has 0 aliphatic heterocycles. The van der Waals surface area contributed by atoms with Crippen LogP contribution >= 0.6 is 0 Å². The highest BCUT2D eigenvalue weighted by Crippen LogP contribution is 2.10. The van der Waals surface area contributed by atoms with Crippen LogP contribution in [0.1, 0.15) is 44.9 Å². The van der Waals surface area contributed by atoms with Gasteiger partial charge in [-0.2, -0.15) is 0 Å². The lowest BCUT2D eigenvalue weighted by molar-refractivity contribution is 0.133. The lowest BCUT2D eigenvalue weighted by Gasteiger charge is -1.99. The lowest BCUT2D eigenvalue weighted by atomic mass is 10.1. The second-order valence-electron chi connectivity index (χ2n) is 2.80. The van der Waals surface area contributed by atoms with Crippen LogP contribution in [0.4, 0.5) is 8.78 Å². The molecule has 0 atom stereocenters. The third kappa shape index (κ3) is 9.86. The molecule has 0 aliphatic carbocycles. The molecule has 0 amide bonds. The van der Waals surface area contributed by atoms with Gasteiger partial charge in [0, 0.05) is 6.42 Å². The number of unbranched alkanes of at least 4 members (excludes halogenated alkanes) is 5. The zero-order chi connectivity index (χ0) is 8.53. The molecule has 0 nitrogen and oxygen atoms in total. The average Bonchev–Trinajstić information content (AvgIpc) is 1.96. The predicted molar refractivity (Wildman–Crippen MR) is 43.7 cm³/mol. The van der Waals surface area contributed by atoms with Crippen molar-refractivity contribution in [1.29, 1.82) is 0 Å².